The lowest BCUT2D eigenvalue weighted by atomic mass is 9.83. The molecule has 1 aliphatic rings. The molecular weight excluding hydrogens is 260 g/mol. The molecular formula is C13H20N4O3. The van der Waals surface area contributed by atoms with Crippen LogP contribution in [0.2, 0.25) is 0 Å². The predicted molar refractivity (Wildman–Crippen MR) is 73.0 cm³/mol. The Morgan fingerprint density at radius 2 is 2.15 bits per heavy atom. The molecule has 0 saturated carbocycles. The fraction of sp³-hybridized carbons (Fsp3) is 0.615. The number of aromatic nitrogens is 2. The lowest BCUT2D eigenvalue weighted by Crippen LogP contribution is -2.48. The van der Waals surface area contributed by atoms with E-state index in [2.05, 4.69) is 5.10 Å². The number of carbonyl (C=O) groups is 2. The van der Waals surface area contributed by atoms with Crippen LogP contribution in [0.4, 0.5) is 10.6 Å². The van der Waals surface area contributed by atoms with Gasteiger partial charge in [-0.25, -0.2) is 4.79 Å². The summed E-state index contributed by atoms with van der Waals surface area (Å²) >= 11 is 0. The molecule has 2 atom stereocenters. The Morgan fingerprint density at radius 3 is 2.60 bits per heavy atom. The normalized spacial score (nSPS) is 23.2. The molecule has 1 aliphatic heterocycles. The van der Waals surface area contributed by atoms with Gasteiger partial charge in [-0.15, -0.1) is 0 Å². The molecule has 2 heterocycles. The minimum absolute atomic E-state index is 0.116. The highest BCUT2D eigenvalue weighted by Crippen LogP contribution is 2.37. The summed E-state index contributed by atoms with van der Waals surface area (Å²) < 4.78 is 6.75. The second-order valence-electron chi connectivity index (χ2n) is 6.10. The van der Waals surface area contributed by atoms with Crippen LogP contribution in [0.1, 0.15) is 27.2 Å². The van der Waals surface area contributed by atoms with Gasteiger partial charge >= 0.3 is 6.09 Å². The molecule has 0 aliphatic carbocycles. The van der Waals surface area contributed by atoms with Gasteiger partial charge < -0.3 is 10.5 Å². The van der Waals surface area contributed by atoms with E-state index in [9.17, 15) is 9.59 Å². The second-order valence-corrected chi connectivity index (χ2v) is 6.10. The van der Waals surface area contributed by atoms with Gasteiger partial charge in [-0.05, 0) is 5.41 Å². The third kappa shape index (κ3) is 2.61. The lowest BCUT2D eigenvalue weighted by Gasteiger charge is -2.36. The van der Waals surface area contributed by atoms with E-state index in [4.69, 9.17) is 10.5 Å². The molecule has 0 bridgehead atoms. The van der Waals surface area contributed by atoms with Crippen molar-refractivity contribution in [3.63, 3.8) is 0 Å². The maximum absolute atomic E-state index is 12.3. The third-order valence-corrected chi connectivity index (χ3v) is 3.38. The van der Waals surface area contributed by atoms with Gasteiger partial charge in [0.1, 0.15) is 6.10 Å². The van der Waals surface area contributed by atoms with Gasteiger partial charge in [0.15, 0.2) is 5.82 Å². The first-order valence-electron chi connectivity index (χ1n) is 6.48. The Labute approximate surface area is 117 Å². The average molecular weight is 280 g/mol. The monoisotopic (exact) mass is 280 g/mol. The van der Waals surface area contributed by atoms with Crippen LogP contribution in [-0.4, -0.2) is 33.9 Å². The van der Waals surface area contributed by atoms with E-state index in [0.717, 1.165) is 0 Å². The Hall–Kier alpha value is -2.05. The molecule has 1 unspecified atom stereocenters. The molecule has 2 N–H and O–H groups in total. The van der Waals surface area contributed by atoms with Crippen LogP contribution in [0.25, 0.3) is 0 Å². The van der Waals surface area contributed by atoms with Crippen LogP contribution >= 0.6 is 0 Å². The fourth-order valence-corrected chi connectivity index (χ4v) is 2.71. The summed E-state index contributed by atoms with van der Waals surface area (Å²) in [4.78, 5) is 24.9. The number of primary amides is 1. The third-order valence-electron chi connectivity index (χ3n) is 3.38. The van der Waals surface area contributed by atoms with E-state index in [1.807, 2.05) is 20.8 Å². The van der Waals surface area contributed by atoms with Crippen molar-refractivity contribution >= 4 is 17.8 Å². The highest BCUT2D eigenvalue weighted by molar-refractivity contribution is 5.96. The maximum Gasteiger partial charge on any atom is 0.404 e. The first-order valence-corrected chi connectivity index (χ1v) is 6.48. The SMILES string of the molecule is Cn1ccc(N2C(=O)C[C@H](OC(N)=O)C2C(C)(C)C)n1. The zero-order valence-corrected chi connectivity index (χ0v) is 12.2. The number of aryl methyl sites for hydroxylation is 1. The fourth-order valence-electron chi connectivity index (χ4n) is 2.71. The van der Waals surface area contributed by atoms with Gasteiger partial charge in [0.2, 0.25) is 5.91 Å². The van der Waals surface area contributed by atoms with Crippen molar-refractivity contribution in [2.24, 2.45) is 18.2 Å². The van der Waals surface area contributed by atoms with E-state index < -0.39 is 12.2 Å². The summed E-state index contributed by atoms with van der Waals surface area (Å²) in [5, 5.41) is 4.27. The largest absolute Gasteiger partial charge is 0.444 e. The molecule has 2 amide bonds. The highest BCUT2D eigenvalue weighted by atomic mass is 16.6. The Balaban J connectivity index is 2.38. The van der Waals surface area contributed by atoms with Gasteiger partial charge in [0.05, 0.1) is 12.5 Å². The summed E-state index contributed by atoms with van der Waals surface area (Å²) in [6.45, 7) is 5.97. The molecule has 0 radical (unpaired) electrons. The molecule has 7 nitrogen and oxygen atoms in total. The first-order chi connectivity index (χ1) is 9.20. The molecule has 0 spiro atoms. The van der Waals surface area contributed by atoms with Gasteiger partial charge in [-0.3, -0.25) is 14.4 Å². The lowest BCUT2D eigenvalue weighted by molar-refractivity contribution is -0.117. The topological polar surface area (TPSA) is 90.5 Å². The van der Waals surface area contributed by atoms with Gasteiger partial charge in [-0.1, -0.05) is 20.8 Å². The summed E-state index contributed by atoms with van der Waals surface area (Å²) in [5.74, 6) is 0.447. The van der Waals surface area contributed by atoms with Crippen LogP contribution in [0.5, 0.6) is 0 Å². The zero-order valence-electron chi connectivity index (χ0n) is 12.2. The molecule has 20 heavy (non-hydrogen) atoms. The number of hydrogen-bond acceptors (Lipinski definition) is 4. The van der Waals surface area contributed by atoms with Crippen LogP contribution < -0.4 is 10.6 Å². The predicted octanol–water partition coefficient (Wildman–Crippen LogP) is 1.04. The number of nitrogens with two attached hydrogens (primary N) is 1. The standard InChI is InChI=1S/C13H20N4O3/c1-13(2,3)11-8(20-12(14)19)7-10(18)17(11)9-5-6-16(4)15-9/h5-6,8,11H,7H2,1-4H3,(H2,14,19)/t8-,11?/m0/s1. The molecule has 2 rings (SSSR count). The highest BCUT2D eigenvalue weighted by Gasteiger charge is 2.49. The quantitative estimate of drug-likeness (QED) is 0.876. The number of hydrogen-bond donors (Lipinski definition) is 1. The summed E-state index contributed by atoms with van der Waals surface area (Å²) in [5.41, 5.74) is 4.83. The first kappa shape index (κ1) is 14.4. The number of carbonyl (C=O) groups excluding carboxylic acids is 2. The van der Waals surface area contributed by atoms with Crippen molar-refractivity contribution in [3.8, 4) is 0 Å². The van der Waals surface area contributed by atoms with Gasteiger partial charge in [0.25, 0.3) is 0 Å². The van der Waals surface area contributed by atoms with Crippen molar-refractivity contribution in [2.45, 2.75) is 39.3 Å². The van der Waals surface area contributed by atoms with Crippen molar-refractivity contribution < 1.29 is 14.3 Å². The number of ether oxygens (including phenoxy) is 1. The second kappa shape index (κ2) is 4.81. The van der Waals surface area contributed by atoms with Crippen LogP contribution in [0.15, 0.2) is 12.3 Å². The van der Waals surface area contributed by atoms with E-state index in [-0.39, 0.29) is 23.8 Å². The summed E-state index contributed by atoms with van der Waals surface area (Å²) in [6.07, 6.45) is 0.480. The number of amides is 2. The minimum Gasteiger partial charge on any atom is -0.444 e. The Morgan fingerprint density at radius 1 is 1.50 bits per heavy atom. The van der Waals surface area contributed by atoms with Crippen molar-refractivity contribution in [1.82, 2.24) is 9.78 Å². The summed E-state index contributed by atoms with van der Waals surface area (Å²) in [6, 6.07) is 1.47. The summed E-state index contributed by atoms with van der Waals surface area (Å²) in [7, 11) is 1.79. The maximum atomic E-state index is 12.3. The van der Waals surface area contributed by atoms with E-state index >= 15 is 0 Å². The number of anilines is 1. The van der Waals surface area contributed by atoms with E-state index in [0.29, 0.717) is 5.82 Å². The van der Waals surface area contributed by atoms with E-state index in [1.54, 1.807) is 28.9 Å². The van der Waals surface area contributed by atoms with Crippen LogP contribution in [-0.2, 0) is 16.6 Å². The Kier molecular flexibility index (Phi) is 3.45. The molecule has 1 aromatic rings. The van der Waals surface area contributed by atoms with Crippen molar-refractivity contribution in [1.29, 1.82) is 0 Å². The van der Waals surface area contributed by atoms with Crippen molar-refractivity contribution in [3.05, 3.63) is 12.3 Å². The van der Waals surface area contributed by atoms with Crippen molar-refractivity contribution in [2.75, 3.05) is 4.90 Å². The number of rotatable bonds is 2. The Bertz CT molecular complexity index is 532. The molecule has 1 fully saturated rings. The molecule has 1 aromatic heterocycles. The van der Waals surface area contributed by atoms with Crippen LogP contribution in [0, 0.1) is 5.41 Å². The number of nitrogens with zero attached hydrogens (tertiary/aromatic N) is 3. The minimum atomic E-state index is -0.861. The van der Waals surface area contributed by atoms with Gasteiger partial charge in [0, 0.05) is 19.3 Å². The molecule has 0 aromatic carbocycles. The molecule has 7 heteroatoms. The smallest absolute Gasteiger partial charge is 0.404 e. The van der Waals surface area contributed by atoms with E-state index in [1.165, 1.54) is 0 Å². The molecule has 110 valence electrons. The van der Waals surface area contributed by atoms with Crippen LogP contribution in [0.3, 0.4) is 0 Å². The zero-order chi connectivity index (χ0) is 15.1. The average Bonchev–Trinajstić information content (AvgIpc) is 2.80. The molecule has 1 saturated heterocycles. The van der Waals surface area contributed by atoms with Gasteiger partial charge in [-0.2, -0.15) is 5.10 Å².